The second-order valence-corrected chi connectivity index (χ2v) is 4.62. The lowest BCUT2D eigenvalue weighted by Gasteiger charge is -2.39. The van der Waals surface area contributed by atoms with Crippen molar-refractivity contribution in [1.29, 1.82) is 0 Å². The van der Waals surface area contributed by atoms with Crippen molar-refractivity contribution in [2.45, 2.75) is 30.7 Å². The van der Waals surface area contributed by atoms with Crippen LogP contribution in [0.2, 0.25) is 0 Å². The molecule has 0 spiro atoms. The van der Waals surface area contributed by atoms with E-state index in [-0.39, 0.29) is 11.3 Å². The van der Waals surface area contributed by atoms with Crippen molar-refractivity contribution in [3.63, 3.8) is 0 Å². The van der Waals surface area contributed by atoms with Gasteiger partial charge >= 0.3 is 5.97 Å². The van der Waals surface area contributed by atoms with Gasteiger partial charge in [-0.15, -0.1) is 0 Å². The topological polar surface area (TPSA) is 137 Å². The molecule has 0 saturated carbocycles. The molecule has 0 unspecified atom stereocenters. The number of hydrogen-bond donors (Lipinski definition) is 5. The molecule has 1 aliphatic rings. The molecule has 0 aromatic heterocycles. The molecule has 1 fully saturated rings. The highest BCUT2D eigenvalue weighted by atomic mass is 16.7. The summed E-state index contributed by atoms with van der Waals surface area (Å²) in [6.45, 7) is -0.592. The van der Waals surface area contributed by atoms with Gasteiger partial charge < -0.3 is 35.0 Å². The van der Waals surface area contributed by atoms with Crippen LogP contribution in [0.25, 0.3) is 0 Å². The van der Waals surface area contributed by atoms with Gasteiger partial charge in [-0.25, -0.2) is 4.79 Å². The molecule has 21 heavy (non-hydrogen) atoms. The van der Waals surface area contributed by atoms with Gasteiger partial charge in [0.25, 0.3) is 0 Å². The molecule has 0 radical (unpaired) electrons. The van der Waals surface area contributed by atoms with Crippen LogP contribution in [-0.2, 0) is 4.74 Å². The minimum absolute atomic E-state index is 0.0608. The Hall–Kier alpha value is -1.71. The molecule has 8 heteroatoms. The molecule has 1 aliphatic heterocycles. The fraction of sp³-hybridized carbons (Fsp3) is 0.462. The van der Waals surface area contributed by atoms with Gasteiger partial charge in [-0.3, -0.25) is 0 Å². The Morgan fingerprint density at radius 1 is 1.14 bits per heavy atom. The lowest BCUT2D eigenvalue weighted by atomic mass is 9.99. The molecular weight excluding hydrogens is 284 g/mol. The van der Waals surface area contributed by atoms with Crippen molar-refractivity contribution in [2.24, 2.45) is 0 Å². The predicted octanol–water partition coefficient (Wildman–Crippen LogP) is -1.44. The smallest absolute Gasteiger partial charge is 0.339 e. The number of carboxylic acid groups (broad SMARTS) is 1. The largest absolute Gasteiger partial charge is 0.478 e. The lowest BCUT2D eigenvalue weighted by molar-refractivity contribution is -0.277. The molecule has 1 heterocycles. The summed E-state index contributed by atoms with van der Waals surface area (Å²) in [5, 5.41) is 47.2. The number of ether oxygens (including phenoxy) is 2. The minimum atomic E-state index is -1.59. The molecule has 0 aliphatic carbocycles. The summed E-state index contributed by atoms with van der Waals surface area (Å²) in [6.07, 6.45) is -7.21. The third-order valence-corrected chi connectivity index (χ3v) is 3.21. The van der Waals surface area contributed by atoms with Crippen molar-refractivity contribution in [2.75, 3.05) is 6.61 Å². The Balaban J connectivity index is 2.20. The summed E-state index contributed by atoms with van der Waals surface area (Å²) < 4.78 is 10.4. The highest BCUT2D eigenvalue weighted by molar-refractivity contribution is 5.90. The van der Waals surface area contributed by atoms with Crippen LogP contribution >= 0.6 is 0 Å². The van der Waals surface area contributed by atoms with Crippen LogP contribution in [0.4, 0.5) is 0 Å². The maximum atomic E-state index is 11.1. The number of carboxylic acids is 1. The van der Waals surface area contributed by atoms with E-state index in [2.05, 4.69) is 0 Å². The highest BCUT2D eigenvalue weighted by Gasteiger charge is 2.44. The minimum Gasteiger partial charge on any atom is -0.478 e. The Morgan fingerprint density at radius 3 is 2.43 bits per heavy atom. The maximum absolute atomic E-state index is 11.1. The second-order valence-electron chi connectivity index (χ2n) is 4.62. The standard InChI is InChI=1S/C13H16O8/c14-5-8-9(15)10(16)11(17)13(21-8)20-7-4-2-1-3-6(7)12(18)19/h1-4,8-11,13-17H,5H2,(H,18,19)/t8-,9-,10-,11+,13+/m0/s1. The van der Waals surface area contributed by atoms with E-state index < -0.39 is 43.3 Å². The molecule has 116 valence electrons. The van der Waals surface area contributed by atoms with Gasteiger partial charge in [-0.1, -0.05) is 12.1 Å². The number of benzene rings is 1. The van der Waals surface area contributed by atoms with Gasteiger partial charge in [0.15, 0.2) is 0 Å². The van der Waals surface area contributed by atoms with E-state index >= 15 is 0 Å². The summed E-state index contributed by atoms with van der Waals surface area (Å²) in [7, 11) is 0. The van der Waals surface area contributed by atoms with Crippen LogP contribution in [-0.4, -0.2) is 68.8 Å². The fourth-order valence-corrected chi connectivity index (χ4v) is 2.04. The molecule has 5 atom stereocenters. The Morgan fingerprint density at radius 2 is 1.81 bits per heavy atom. The van der Waals surface area contributed by atoms with Crippen LogP contribution < -0.4 is 4.74 Å². The first-order valence-electron chi connectivity index (χ1n) is 6.25. The summed E-state index contributed by atoms with van der Waals surface area (Å²) in [5.41, 5.74) is -0.144. The van der Waals surface area contributed by atoms with E-state index in [4.69, 9.17) is 19.7 Å². The van der Waals surface area contributed by atoms with E-state index in [0.29, 0.717) is 0 Å². The molecule has 2 rings (SSSR count). The van der Waals surface area contributed by atoms with Crippen molar-refractivity contribution in [3.05, 3.63) is 29.8 Å². The first-order chi connectivity index (χ1) is 9.95. The van der Waals surface area contributed by atoms with Gasteiger partial charge in [0.2, 0.25) is 6.29 Å². The van der Waals surface area contributed by atoms with E-state index in [0.717, 1.165) is 0 Å². The lowest BCUT2D eigenvalue weighted by Crippen LogP contribution is -2.60. The van der Waals surface area contributed by atoms with Gasteiger partial charge in [0, 0.05) is 0 Å². The predicted molar refractivity (Wildman–Crippen MR) is 67.8 cm³/mol. The van der Waals surface area contributed by atoms with Gasteiger partial charge in [0.05, 0.1) is 6.61 Å². The van der Waals surface area contributed by atoms with Gasteiger partial charge in [0.1, 0.15) is 35.7 Å². The number of para-hydroxylation sites is 1. The molecule has 1 aromatic rings. The van der Waals surface area contributed by atoms with Crippen LogP contribution in [0.3, 0.4) is 0 Å². The molecule has 8 nitrogen and oxygen atoms in total. The van der Waals surface area contributed by atoms with E-state index in [1.54, 1.807) is 0 Å². The average Bonchev–Trinajstić information content (AvgIpc) is 2.48. The summed E-state index contributed by atoms with van der Waals surface area (Å²) in [6, 6.07) is 5.71. The van der Waals surface area contributed by atoms with Crippen LogP contribution in [0.1, 0.15) is 10.4 Å². The third-order valence-electron chi connectivity index (χ3n) is 3.21. The second kappa shape index (κ2) is 6.37. The van der Waals surface area contributed by atoms with E-state index in [1.807, 2.05) is 0 Å². The molecule has 1 aromatic carbocycles. The van der Waals surface area contributed by atoms with E-state index in [1.165, 1.54) is 24.3 Å². The zero-order chi connectivity index (χ0) is 15.6. The first kappa shape index (κ1) is 15.7. The average molecular weight is 300 g/mol. The number of aliphatic hydroxyl groups is 4. The van der Waals surface area contributed by atoms with Gasteiger partial charge in [-0.2, -0.15) is 0 Å². The zero-order valence-electron chi connectivity index (χ0n) is 10.9. The summed E-state index contributed by atoms with van der Waals surface area (Å²) in [5.74, 6) is -1.29. The number of carbonyl (C=O) groups is 1. The number of rotatable bonds is 4. The number of hydrogen-bond acceptors (Lipinski definition) is 7. The number of aromatic carboxylic acids is 1. The number of aliphatic hydroxyl groups excluding tert-OH is 4. The fourth-order valence-electron chi connectivity index (χ4n) is 2.04. The summed E-state index contributed by atoms with van der Waals surface area (Å²) >= 11 is 0. The highest BCUT2D eigenvalue weighted by Crippen LogP contribution is 2.26. The maximum Gasteiger partial charge on any atom is 0.339 e. The molecular formula is C13H16O8. The SMILES string of the molecule is O=C(O)c1ccccc1O[C@@H]1O[C@@H](CO)[C@H](O)[C@H](O)[C@H]1O. The normalized spacial score (nSPS) is 32.7. The van der Waals surface area contributed by atoms with Crippen LogP contribution in [0.15, 0.2) is 24.3 Å². The Kier molecular flexibility index (Phi) is 4.76. The van der Waals surface area contributed by atoms with Crippen LogP contribution in [0, 0.1) is 0 Å². The molecule has 0 bridgehead atoms. The Labute approximate surface area is 119 Å². The zero-order valence-corrected chi connectivity index (χ0v) is 10.9. The third kappa shape index (κ3) is 3.14. The summed E-state index contributed by atoms with van der Waals surface area (Å²) in [4.78, 5) is 11.1. The molecule has 0 amide bonds. The quantitative estimate of drug-likeness (QED) is 0.456. The van der Waals surface area contributed by atoms with Gasteiger partial charge in [-0.05, 0) is 12.1 Å². The van der Waals surface area contributed by atoms with Crippen molar-refractivity contribution >= 4 is 5.97 Å². The molecule has 5 N–H and O–H groups in total. The van der Waals surface area contributed by atoms with Crippen molar-refractivity contribution in [3.8, 4) is 5.75 Å². The van der Waals surface area contributed by atoms with Crippen LogP contribution in [0.5, 0.6) is 5.75 Å². The Bertz CT molecular complexity index is 503. The monoisotopic (exact) mass is 300 g/mol. The van der Waals surface area contributed by atoms with E-state index in [9.17, 15) is 20.1 Å². The van der Waals surface area contributed by atoms with Crippen molar-refractivity contribution < 1.29 is 39.8 Å². The molecule has 1 saturated heterocycles. The first-order valence-corrected chi connectivity index (χ1v) is 6.25. The van der Waals surface area contributed by atoms with Crippen molar-refractivity contribution in [1.82, 2.24) is 0 Å².